The van der Waals surface area contributed by atoms with Gasteiger partial charge in [-0.2, -0.15) is 4.68 Å². The van der Waals surface area contributed by atoms with Crippen LogP contribution in [0.3, 0.4) is 0 Å². The lowest BCUT2D eigenvalue weighted by atomic mass is 10.6. The summed E-state index contributed by atoms with van der Waals surface area (Å²) >= 11 is 4.82. The molecule has 0 saturated carbocycles. The summed E-state index contributed by atoms with van der Waals surface area (Å²) in [6.45, 7) is 4.11. The van der Waals surface area contributed by atoms with Crippen LogP contribution in [-0.2, 0) is 11.3 Å². The molecule has 74 valence electrons. The Balaban J connectivity index is 0.000000252. The van der Waals surface area contributed by atoms with Gasteiger partial charge in [0.2, 0.25) is 5.24 Å². The molecule has 0 fully saturated rings. The number of nitrogens with one attached hydrogen (secondary N) is 1. The van der Waals surface area contributed by atoms with E-state index in [1.54, 1.807) is 6.92 Å². The molecule has 0 aliphatic rings. The minimum atomic E-state index is -0.273. The monoisotopic (exact) mass is 206 g/mol. The molecule has 0 aromatic carbocycles. The fourth-order valence-electron chi connectivity index (χ4n) is 0.424. The van der Waals surface area contributed by atoms with Gasteiger partial charge in [-0.1, -0.05) is 6.92 Å². The summed E-state index contributed by atoms with van der Waals surface area (Å²) in [7, 11) is 0. The molecule has 0 aliphatic heterocycles. The van der Waals surface area contributed by atoms with Crippen LogP contribution in [0.25, 0.3) is 0 Å². The van der Waals surface area contributed by atoms with Crippen molar-refractivity contribution in [1.82, 2.24) is 20.2 Å². The lowest BCUT2D eigenvalue weighted by Gasteiger charge is -1.82. The fraction of sp³-hybridized carbons (Fsp3) is 0.667. The Hall–Kier alpha value is -1.17. The molecular formula is C6H11ClN4O2. The highest BCUT2D eigenvalue weighted by atomic mass is 35.5. The van der Waals surface area contributed by atoms with Crippen LogP contribution in [0.15, 0.2) is 4.79 Å². The Morgan fingerprint density at radius 2 is 2.15 bits per heavy atom. The van der Waals surface area contributed by atoms with Crippen LogP contribution in [0.5, 0.6) is 0 Å². The van der Waals surface area contributed by atoms with Crippen molar-refractivity contribution in [3.05, 3.63) is 10.5 Å². The zero-order valence-electron chi connectivity index (χ0n) is 7.45. The van der Waals surface area contributed by atoms with Crippen molar-refractivity contribution in [3.63, 3.8) is 0 Å². The van der Waals surface area contributed by atoms with Crippen LogP contribution < -0.4 is 5.69 Å². The number of carbonyl (C=O) groups is 1. The zero-order chi connectivity index (χ0) is 10.3. The number of hydrogen-bond acceptors (Lipinski definition) is 4. The van der Waals surface area contributed by atoms with Gasteiger partial charge in [-0.05, 0) is 29.0 Å². The quantitative estimate of drug-likeness (QED) is 0.699. The van der Waals surface area contributed by atoms with Crippen molar-refractivity contribution in [1.29, 1.82) is 0 Å². The maximum Gasteiger partial charge on any atom is 0.361 e. The number of aryl methyl sites for hydroxylation is 1. The minimum Gasteiger partial charge on any atom is -0.281 e. The topological polar surface area (TPSA) is 80.6 Å². The third-order valence-corrected chi connectivity index (χ3v) is 1.38. The number of hydrogen-bond donors (Lipinski definition) is 1. The summed E-state index contributed by atoms with van der Waals surface area (Å²) in [5.74, 6) is 0. The largest absolute Gasteiger partial charge is 0.361 e. The van der Waals surface area contributed by atoms with E-state index >= 15 is 0 Å². The molecule has 0 bridgehead atoms. The van der Waals surface area contributed by atoms with E-state index in [1.807, 2.05) is 6.92 Å². The third-order valence-electron chi connectivity index (χ3n) is 1.11. The average molecular weight is 207 g/mol. The van der Waals surface area contributed by atoms with Crippen molar-refractivity contribution in [2.45, 2.75) is 26.8 Å². The molecule has 1 rings (SSSR count). The molecule has 0 saturated heterocycles. The molecule has 0 radical (unpaired) electrons. The van der Waals surface area contributed by atoms with Crippen LogP contribution in [-0.4, -0.2) is 25.4 Å². The first-order valence-electron chi connectivity index (χ1n) is 3.78. The highest BCUT2D eigenvalue weighted by Crippen LogP contribution is 1.81. The normalized spacial score (nSPS) is 8.85. The first-order chi connectivity index (χ1) is 6.11. The molecule has 1 aromatic heterocycles. The highest BCUT2D eigenvalue weighted by molar-refractivity contribution is 6.63. The summed E-state index contributed by atoms with van der Waals surface area (Å²) < 4.78 is 1.24. The van der Waals surface area contributed by atoms with Gasteiger partial charge in [0, 0.05) is 13.0 Å². The van der Waals surface area contributed by atoms with Crippen LogP contribution in [0.4, 0.5) is 0 Å². The van der Waals surface area contributed by atoms with Gasteiger partial charge >= 0.3 is 5.69 Å². The van der Waals surface area contributed by atoms with E-state index in [1.165, 1.54) is 4.68 Å². The number of nitrogens with zero attached hydrogens (tertiary/aromatic N) is 3. The van der Waals surface area contributed by atoms with Crippen molar-refractivity contribution < 1.29 is 4.79 Å². The van der Waals surface area contributed by atoms with E-state index in [0.29, 0.717) is 13.0 Å². The van der Waals surface area contributed by atoms with Gasteiger partial charge in [0.05, 0.1) is 0 Å². The first-order valence-corrected chi connectivity index (χ1v) is 4.16. The molecule has 0 atom stereocenters. The molecule has 1 heterocycles. The van der Waals surface area contributed by atoms with E-state index in [4.69, 9.17) is 11.6 Å². The summed E-state index contributed by atoms with van der Waals surface area (Å²) in [6.07, 6.45) is 0.432. The molecule has 6 nitrogen and oxygen atoms in total. The molecular weight excluding hydrogens is 196 g/mol. The Bertz CT molecular complexity index is 306. The second kappa shape index (κ2) is 6.36. The molecule has 1 aromatic rings. The van der Waals surface area contributed by atoms with E-state index in [2.05, 4.69) is 15.5 Å². The number of tetrazole rings is 1. The second-order valence-electron chi connectivity index (χ2n) is 2.03. The minimum absolute atomic E-state index is 0.257. The Kier molecular flexibility index (Phi) is 5.79. The number of carbonyl (C=O) groups excluding carboxylic acids is 1. The zero-order valence-corrected chi connectivity index (χ0v) is 8.21. The third kappa shape index (κ3) is 5.13. The number of rotatable bonds is 2. The maximum atomic E-state index is 10.4. The molecule has 0 amide bonds. The van der Waals surface area contributed by atoms with Gasteiger partial charge in [0.1, 0.15) is 0 Å². The number of H-pyrrole nitrogens is 1. The van der Waals surface area contributed by atoms with Crippen molar-refractivity contribution in [3.8, 4) is 0 Å². The standard InChI is InChI=1S/C3H5ClO.C3H6N4O/c1-2-3(4)5;1-2-7-3(8)4-5-6-7/h2H2,1H3;2H2,1H3,(H,4,6,8). The molecule has 0 spiro atoms. The van der Waals surface area contributed by atoms with Crippen molar-refractivity contribution >= 4 is 16.8 Å². The molecule has 1 N–H and O–H groups in total. The SMILES string of the molecule is CCC(=O)Cl.CCn1nn[nH]c1=O. The fourth-order valence-corrected chi connectivity index (χ4v) is 0.424. The predicted molar refractivity (Wildman–Crippen MR) is 47.5 cm³/mol. The van der Waals surface area contributed by atoms with E-state index < -0.39 is 0 Å². The number of aromatic nitrogens is 4. The van der Waals surface area contributed by atoms with Crippen LogP contribution >= 0.6 is 11.6 Å². The van der Waals surface area contributed by atoms with Crippen molar-refractivity contribution in [2.24, 2.45) is 0 Å². The average Bonchev–Trinajstić information content (AvgIpc) is 2.52. The molecule has 0 aliphatic carbocycles. The van der Waals surface area contributed by atoms with Gasteiger partial charge in [-0.15, -0.1) is 0 Å². The molecule has 0 unspecified atom stereocenters. The second-order valence-corrected chi connectivity index (χ2v) is 2.45. The Labute approximate surface area is 79.9 Å². The van der Waals surface area contributed by atoms with E-state index in [9.17, 15) is 9.59 Å². The smallest absolute Gasteiger partial charge is 0.281 e. The van der Waals surface area contributed by atoms with Gasteiger partial charge in [0.25, 0.3) is 0 Å². The predicted octanol–water partition coefficient (Wildman–Crippen LogP) is 0.148. The first kappa shape index (κ1) is 11.8. The molecule has 7 heteroatoms. The Morgan fingerprint density at radius 1 is 1.62 bits per heavy atom. The summed E-state index contributed by atoms with van der Waals surface area (Å²) in [6, 6.07) is 0. The lowest BCUT2D eigenvalue weighted by molar-refractivity contribution is -0.111. The van der Waals surface area contributed by atoms with Crippen LogP contribution in [0.1, 0.15) is 20.3 Å². The van der Waals surface area contributed by atoms with Gasteiger partial charge in [-0.25, -0.2) is 9.89 Å². The Morgan fingerprint density at radius 3 is 2.31 bits per heavy atom. The van der Waals surface area contributed by atoms with Gasteiger partial charge in [-0.3, -0.25) is 4.79 Å². The van der Waals surface area contributed by atoms with Gasteiger partial charge < -0.3 is 0 Å². The summed E-state index contributed by atoms with van der Waals surface area (Å²) in [5.41, 5.74) is -0.257. The summed E-state index contributed by atoms with van der Waals surface area (Å²) in [5, 5.41) is 8.59. The van der Waals surface area contributed by atoms with Gasteiger partial charge in [0.15, 0.2) is 0 Å². The van der Waals surface area contributed by atoms with Crippen LogP contribution in [0, 0.1) is 0 Å². The highest BCUT2D eigenvalue weighted by Gasteiger charge is 1.90. The van der Waals surface area contributed by atoms with Crippen LogP contribution in [0.2, 0.25) is 0 Å². The lowest BCUT2D eigenvalue weighted by Crippen LogP contribution is -2.16. The maximum absolute atomic E-state index is 10.4. The van der Waals surface area contributed by atoms with E-state index in [0.717, 1.165) is 0 Å². The van der Waals surface area contributed by atoms with Crippen molar-refractivity contribution in [2.75, 3.05) is 0 Å². The van der Waals surface area contributed by atoms with E-state index in [-0.39, 0.29) is 10.9 Å². The summed E-state index contributed by atoms with van der Waals surface area (Å²) in [4.78, 5) is 20.0. The number of aromatic amines is 1. The number of halogens is 1. The molecule has 13 heavy (non-hydrogen) atoms.